The summed E-state index contributed by atoms with van der Waals surface area (Å²) in [5, 5.41) is 5.44. The Hall–Kier alpha value is -2.01. The van der Waals surface area contributed by atoms with Crippen LogP contribution in [0.1, 0.15) is 12.6 Å². The van der Waals surface area contributed by atoms with Crippen LogP contribution in [0, 0.1) is 6.92 Å². The zero-order valence-corrected chi connectivity index (χ0v) is 13.5. The number of anilines is 1. The van der Waals surface area contributed by atoms with Crippen LogP contribution in [0.5, 0.6) is 0 Å². The van der Waals surface area contributed by atoms with Gasteiger partial charge in [-0.2, -0.15) is 0 Å². The van der Waals surface area contributed by atoms with Crippen LogP contribution >= 0.6 is 15.9 Å². The van der Waals surface area contributed by atoms with E-state index in [0.717, 1.165) is 39.0 Å². The maximum absolute atomic E-state index is 4.61. The SMILES string of the molecule is CCNc1nc(-c2nccc3ccccc23)nc(C)c1Br. The van der Waals surface area contributed by atoms with Crippen molar-refractivity contribution in [1.82, 2.24) is 15.0 Å². The topological polar surface area (TPSA) is 50.7 Å². The molecule has 106 valence electrons. The van der Waals surface area contributed by atoms with Gasteiger partial charge < -0.3 is 5.32 Å². The van der Waals surface area contributed by atoms with Gasteiger partial charge >= 0.3 is 0 Å². The second kappa shape index (κ2) is 5.77. The monoisotopic (exact) mass is 342 g/mol. The van der Waals surface area contributed by atoms with Crippen LogP contribution < -0.4 is 5.32 Å². The van der Waals surface area contributed by atoms with Crippen LogP contribution in [-0.4, -0.2) is 21.5 Å². The number of fused-ring (bicyclic) bond motifs is 1. The van der Waals surface area contributed by atoms with Crippen LogP contribution in [-0.2, 0) is 0 Å². The minimum atomic E-state index is 0.642. The van der Waals surface area contributed by atoms with Crippen molar-refractivity contribution in [2.24, 2.45) is 0 Å². The summed E-state index contributed by atoms with van der Waals surface area (Å²) in [6.45, 7) is 4.80. The second-order valence-corrected chi connectivity index (χ2v) is 5.50. The number of nitrogens with one attached hydrogen (secondary N) is 1. The molecule has 1 aromatic carbocycles. The van der Waals surface area contributed by atoms with Crippen molar-refractivity contribution >= 4 is 32.5 Å². The van der Waals surface area contributed by atoms with Crippen molar-refractivity contribution in [1.29, 1.82) is 0 Å². The van der Waals surface area contributed by atoms with E-state index in [9.17, 15) is 0 Å². The number of nitrogens with zero attached hydrogens (tertiary/aromatic N) is 3. The first-order valence-electron chi connectivity index (χ1n) is 6.83. The largest absolute Gasteiger partial charge is 0.369 e. The Morgan fingerprint density at radius 1 is 1.14 bits per heavy atom. The molecule has 0 aliphatic heterocycles. The summed E-state index contributed by atoms with van der Waals surface area (Å²) in [4.78, 5) is 13.7. The summed E-state index contributed by atoms with van der Waals surface area (Å²) in [5.74, 6) is 1.44. The van der Waals surface area contributed by atoms with Crippen molar-refractivity contribution in [2.75, 3.05) is 11.9 Å². The number of aromatic nitrogens is 3. The predicted octanol–water partition coefficient (Wildman–Crippen LogP) is 4.19. The fourth-order valence-corrected chi connectivity index (χ4v) is 2.57. The van der Waals surface area contributed by atoms with E-state index in [1.807, 2.05) is 38.1 Å². The van der Waals surface area contributed by atoms with Crippen molar-refractivity contribution in [3.05, 3.63) is 46.7 Å². The van der Waals surface area contributed by atoms with Crippen LogP contribution in [0.15, 0.2) is 41.0 Å². The van der Waals surface area contributed by atoms with Gasteiger partial charge in [0.15, 0.2) is 5.82 Å². The maximum Gasteiger partial charge on any atom is 0.181 e. The van der Waals surface area contributed by atoms with E-state index < -0.39 is 0 Å². The molecular weight excluding hydrogens is 328 g/mol. The van der Waals surface area contributed by atoms with Gasteiger partial charge in [-0.05, 0) is 41.2 Å². The summed E-state index contributed by atoms with van der Waals surface area (Å²) in [6.07, 6.45) is 1.80. The molecule has 0 fully saturated rings. The van der Waals surface area contributed by atoms with Gasteiger partial charge in [-0.1, -0.05) is 24.3 Å². The molecule has 0 amide bonds. The molecular formula is C16H15BrN4. The molecule has 0 unspecified atom stereocenters. The van der Waals surface area contributed by atoms with E-state index in [2.05, 4.69) is 42.3 Å². The minimum Gasteiger partial charge on any atom is -0.369 e. The van der Waals surface area contributed by atoms with Gasteiger partial charge in [-0.25, -0.2) is 9.97 Å². The van der Waals surface area contributed by atoms with Crippen molar-refractivity contribution in [3.8, 4) is 11.5 Å². The molecule has 0 radical (unpaired) electrons. The lowest BCUT2D eigenvalue weighted by atomic mass is 10.1. The molecule has 4 nitrogen and oxygen atoms in total. The Morgan fingerprint density at radius 3 is 2.76 bits per heavy atom. The van der Waals surface area contributed by atoms with Gasteiger partial charge in [-0.3, -0.25) is 4.98 Å². The van der Waals surface area contributed by atoms with Crippen molar-refractivity contribution in [2.45, 2.75) is 13.8 Å². The maximum atomic E-state index is 4.61. The van der Waals surface area contributed by atoms with Crippen LogP contribution in [0.4, 0.5) is 5.82 Å². The normalized spacial score (nSPS) is 10.8. The molecule has 0 saturated heterocycles. The van der Waals surface area contributed by atoms with Gasteiger partial charge in [0.25, 0.3) is 0 Å². The van der Waals surface area contributed by atoms with E-state index in [1.165, 1.54) is 0 Å². The lowest BCUT2D eigenvalue weighted by molar-refractivity contribution is 1.05. The lowest BCUT2D eigenvalue weighted by Crippen LogP contribution is -2.05. The molecule has 2 heterocycles. The Bertz CT molecular complexity index is 796. The van der Waals surface area contributed by atoms with E-state index in [4.69, 9.17) is 0 Å². The van der Waals surface area contributed by atoms with Crippen molar-refractivity contribution < 1.29 is 0 Å². The van der Waals surface area contributed by atoms with E-state index >= 15 is 0 Å². The lowest BCUT2D eigenvalue weighted by Gasteiger charge is -2.11. The highest BCUT2D eigenvalue weighted by Gasteiger charge is 2.13. The first kappa shape index (κ1) is 13.9. The van der Waals surface area contributed by atoms with Gasteiger partial charge in [0.2, 0.25) is 0 Å². The molecule has 0 aliphatic rings. The molecule has 2 aromatic heterocycles. The molecule has 0 saturated carbocycles. The Kier molecular flexibility index (Phi) is 3.84. The summed E-state index contributed by atoms with van der Waals surface area (Å²) in [5.41, 5.74) is 1.70. The average Bonchev–Trinajstić information content (AvgIpc) is 2.51. The number of hydrogen-bond donors (Lipinski definition) is 1. The summed E-state index contributed by atoms with van der Waals surface area (Å²) < 4.78 is 0.897. The zero-order chi connectivity index (χ0) is 14.8. The van der Waals surface area contributed by atoms with Gasteiger partial charge in [-0.15, -0.1) is 0 Å². The van der Waals surface area contributed by atoms with Crippen LogP contribution in [0.2, 0.25) is 0 Å². The number of benzene rings is 1. The predicted molar refractivity (Wildman–Crippen MR) is 89.4 cm³/mol. The molecule has 1 N–H and O–H groups in total. The van der Waals surface area contributed by atoms with Crippen molar-refractivity contribution in [3.63, 3.8) is 0 Å². The average molecular weight is 343 g/mol. The zero-order valence-electron chi connectivity index (χ0n) is 11.9. The molecule has 3 rings (SSSR count). The molecule has 0 spiro atoms. The summed E-state index contributed by atoms with van der Waals surface area (Å²) in [7, 11) is 0. The molecule has 0 aliphatic carbocycles. The molecule has 3 aromatic rings. The Balaban J connectivity index is 2.23. The van der Waals surface area contributed by atoms with E-state index in [-0.39, 0.29) is 0 Å². The highest BCUT2D eigenvalue weighted by molar-refractivity contribution is 9.10. The third-order valence-electron chi connectivity index (χ3n) is 3.25. The number of aryl methyl sites for hydroxylation is 1. The third kappa shape index (κ3) is 2.61. The number of pyridine rings is 1. The second-order valence-electron chi connectivity index (χ2n) is 4.71. The van der Waals surface area contributed by atoms with E-state index in [1.54, 1.807) is 6.20 Å². The molecule has 5 heteroatoms. The van der Waals surface area contributed by atoms with Crippen LogP contribution in [0.25, 0.3) is 22.3 Å². The van der Waals surface area contributed by atoms with Crippen LogP contribution in [0.3, 0.4) is 0 Å². The minimum absolute atomic E-state index is 0.642. The van der Waals surface area contributed by atoms with Gasteiger partial charge in [0.1, 0.15) is 11.5 Å². The highest BCUT2D eigenvalue weighted by Crippen LogP contribution is 2.29. The molecule has 0 bridgehead atoms. The Morgan fingerprint density at radius 2 is 1.95 bits per heavy atom. The van der Waals surface area contributed by atoms with Gasteiger partial charge in [0, 0.05) is 18.1 Å². The number of rotatable bonds is 3. The standard InChI is InChI=1S/C16H15BrN4/c1-3-18-15-13(17)10(2)20-16(21-15)14-12-7-5-4-6-11(12)8-9-19-14/h4-9H,3H2,1-2H3,(H,18,20,21). The van der Waals surface area contributed by atoms with Gasteiger partial charge in [0.05, 0.1) is 10.2 Å². The highest BCUT2D eigenvalue weighted by atomic mass is 79.9. The molecule has 21 heavy (non-hydrogen) atoms. The summed E-state index contributed by atoms with van der Waals surface area (Å²) in [6, 6.07) is 10.1. The number of halogens is 1. The first-order chi connectivity index (χ1) is 10.2. The first-order valence-corrected chi connectivity index (χ1v) is 7.62. The van der Waals surface area contributed by atoms with E-state index in [0.29, 0.717) is 5.82 Å². The smallest absolute Gasteiger partial charge is 0.181 e. The number of hydrogen-bond acceptors (Lipinski definition) is 4. The fourth-order valence-electron chi connectivity index (χ4n) is 2.25. The summed E-state index contributed by atoms with van der Waals surface area (Å²) >= 11 is 3.53. The molecule has 0 atom stereocenters. The third-order valence-corrected chi connectivity index (χ3v) is 4.20. The Labute approximate surface area is 131 Å². The quantitative estimate of drug-likeness (QED) is 0.775. The fraction of sp³-hybridized carbons (Fsp3) is 0.188.